The largest absolute Gasteiger partial charge is 0.353 e. The Morgan fingerprint density at radius 2 is 1.78 bits per heavy atom. The Balaban J connectivity index is 1.74. The summed E-state index contributed by atoms with van der Waals surface area (Å²) in [4.78, 5) is 24.0. The van der Waals surface area contributed by atoms with Crippen LogP contribution in [-0.2, 0) is 0 Å². The van der Waals surface area contributed by atoms with Gasteiger partial charge in [0.15, 0.2) is 0 Å². The molecule has 1 fully saturated rings. The molecule has 0 bridgehead atoms. The summed E-state index contributed by atoms with van der Waals surface area (Å²) >= 11 is 0. The average Bonchev–Trinajstić information content (AvgIpc) is 2.68. The number of fused-ring (bicyclic) bond motifs is 1. The number of nitrogens with one attached hydrogen (secondary N) is 1. The van der Waals surface area contributed by atoms with Gasteiger partial charge in [0.1, 0.15) is 6.33 Å². The summed E-state index contributed by atoms with van der Waals surface area (Å²) in [7, 11) is 2.04. The zero-order chi connectivity index (χ0) is 18.8. The molecule has 4 rings (SSSR count). The zero-order valence-electron chi connectivity index (χ0n) is 15.0. The topological polar surface area (TPSA) is 87.4 Å². The SMILES string of the molecule is CN1CCN(c2ncnc(Nc3cccc4ccccc34)c2[N+](=O)[O-])CC1. The van der Waals surface area contributed by atoms with E-state index in [9.17, 15) is 10.1 Å². The highest BCUT2D eigenvalue weighted by atomic mass is 16.6. The molecule has 1 saturated heterocycles. The summed E-state index contributed by atoms with van der Waals surface area (Å²) in [6.45, 7) is 3.07. The zero-order valence-corrected chi connectivity index (χ0v) is 15.0. The van der Waals surface area contributed by atoms with Gasteiger partial charge >= 0.3 is 5.69 Å². The van der Waals surface area contributed by atoms with Crippen LogP contribution in [0.2, 0.25) is 0 Å². The second-order valence-electron chi connectivity index (χ2n) is 6.59. The molecular formula is C19H20N6O2. The van der Waals surface area contributed by atoms with Crippen LogP contribution in [0.5, 0.6) is 0 Å². The van der Waals surface area contributed by atoms with Crippen molar-refractivity contribution in [3.8, 4) is 0 Å². The number of likely N-dealkylation sites (N-methyl/N-ethyl adjacent to an activating group) is 1. The smallest absolute Gasteiger partial charge is 0.348 e. The Hall–Kier alpha value is -3.26. The van der Waals surface area contributed by atoms with E-state index in [4.69, 9.17) is 0 Å². The number of nitro groups is 1. The molecule has 1 aromatic heterocycles. The molecule has 0 amide bonds. The van der Waals surface area contributed by atoms with Gasteiger partial charge < -0.3 is 15.1 Å². The molecule has 138 valence electrons. The summed E-state index contributed by atoms with van der Waals surface area (Å²) in [6, 6.07) is 13.7. The van der Waals surface area contributed by atoms with Gasteiger partial charge in [-0.3, -0.25) is 10.1 Å². The van der Waals surface area contributed by atoms with Crippen LogP contribution in [0.3, 0.4) is 0 Å². The third-order valence-corrected chi connectivity index (χ3v) is 4.83. The van der Waals surface area contributed by atoms with Gasteiger partial charge in [0.2, 0.25) is 11.6 Å². The highest BCUT2D eigenvalue weighted by Gasteiger charge is 2.28. The molecule has 0 saturated carbocycles. The minimum absolute atomic E-state index is 0.0880. The normalized spacial score (nSPS) is 15.1. The van der Waals surface area contributed by atoms with Crippen molar-refractivity contribution in [2.24, 2.45) is 0 Å². The van der Waals surface area contributed by atoms with Crippen molar-refractivity contribution in [2.75, 3.05) is 43.4 Å². The van der Waals surface area contributed by atoms with E-state index in [2.05, 4.69) is 20.2 Å². The Morgan fingerprint density at radius 3 is 2.56 bits per heavy atom. The highest BCUT2D eigenvalue weighted by Crippen LogP contribution is 2.35. The average molecular weight is 364 g/mol. The Bertz CT molecular complexity index is 980. The summed E-state index contributed by atoms with van der Waals surface area (Å²) in [6.07, 6.45) is 1.38. The second kappa shape index (κ2) is 7.16. The predicted molar refractivity (Wildman–Crippen MR) is 106 cm³/mol. The lowest BCUT2D eigenvalue weighted by molar-refractivity contribution is -0.383. The lowest BCUT2D eigenvalue weighted by Crippen LogP contribution is -2.45. The van der Waals surface area contributed by atoms with Crippen molar-refractivity contribution in [1.82, 2.24) is 14.9 Å². The van der Waals surface area contributed by atoms with E-state index in [1.54, 1.807) is 0 Å². The summed E-state index contributed by atoms with van der Waals surface area (Å²) in [5, 5.41) is 17.0. The molecule has 0 unspecified atom stereocenters. The van der Waals surface area contributed by atoms with E-state index in [1.165, 1.54) is 6.33 Å². The van der Waals surface area contributed by atoms with Crippen molar-refractivity contribution in [3.63, 3.8) is 0 Å². The number of hydrogen-bond acceptors (Lipinski definition) is 7. The van der Waals surface area contributed by atoms with E-state index in [0.717, 1.165) is 29.5 Å². The van der Waals surface area contributed by atoms with Crippen molar-refractivity contribution in [3.05, 3.63) is 58.9 Å². The van der Waals surface area contributed by atoms with Crippen LogP contribution >= 0.6 is 0 Å². The van der Waals surface area contributed by atoms with Crippen LogP contribution in [0.4, 0.5) is 23.0 Å². The first kappa shape index (κ1) is 17.2. The third-order valence-electron chi connectivity index (χ3n) is 4.83. The van der Waals surface area contributed by atoms with Gasteiger partial charge in [-0.2, -0.15) is 0 Å². The van der Waals surface area contributed by atoms with Crippen LogP contribution < -0.4 is 10.2 Å². The van der Waals surface area contributed by atoms with Crippen LogP contribution in [0.1, 0.15) is 0 Å². The third kappa shape index (κ3) is 3.39. The number of anilines is 3. The number of aromatic nitrogens is 2. The van der Waals surface area contributed by atoms with Gasteiger partial charge in [0.25, 0.3) is 0 Å². The predicted octanol–water partition coefficient (Wildman–Crippen LogP) is 3.03. The molecule has 8 heteroatoms. The first-order chi connectivity index (χ1) is 13.1. The first-order valence-electron chi connectivity index (χ1n) is 8.81. The van der Waals surface area contributed by atoms with E-state index in [1.807, 2.05) is 54.4 Å². The molecule has 1 aliphatic heterocycles. The quantitative estimate of drug-likeness (QED) is 0.562. The summed E-state index contributed by atoms with van der Waals surface area (Å²) in [5.74, 6) is 0.575. The van der Waals surface area contributed by atoms with E-state index in [0.29, 0.717) is 18.9 Å². The molecule has 0 radical (unpaired) electrons. The molecular weight excluding hydrogens is 344 g/mol. The van der Waals surface area contributed by atoms with Gasteiger partial charge in [0, 0.05) is 37.3 Å². The van der Waals surface area contributed by atoms with Gasteiger partial charge in [-0.05, 0) is 18.5 Å². The van der Waals surface area contributed by atoms with Crippen molar-refractivity contribution >= 4 is 33.8 Å². The number of rotatable bonds is 4. The number of benzene rings is 2. The maximum atomic E-state index is 11.9. The molecule has 0 atom stereocenters. The Kier molecular flexibility index (Phi) is 4.55. The van der Waals surface area contributed by atoms with Crippen molar-refractivity contribution in [1.29, 1.82) is 0 Å². The van der Waals surface area contributed by atoms with Crippen LogP contribution in [0.15, 0.2) is 48.8 Å². The fourth-order valence-electron chi connectivity index (χ4n) is 3.34. The Labute approximate surface area is 156 Å². The first-order valence-corrected chi connectivity index (χ1v) is 8.81. The monoisotopic (exact) mass is 364 g/mol. The molecule has 8 nitrogen and oxygen atoms in total. The molecule has 27 heavy (non-hydrogen) atoms. The van der Waals surface area contributed by atoms with Crippen LogP contribution in [-0.4, -0.2) is 53.0 Å². The van der Waals surface area contributed by atoms with E-state index in [-0.39, 0.29) is 11.5 Å². The van der Waals surface area contributed by atoms with Gasteiger partial charge in [-0.25, -0.2) is 9.97 Å². The minimum Gasteiger partial charge on any atom is -0.348 e. The van der Waals surface area contributed by atoms with E-state index >= 15 is 0 Å². The summed E-state index contributed by atoms with van der Waals surface area (Å²) < 4.78 is 0. The molecule has 1 aliphatic rings. The van der Waals surface area contributed by atoms with E-state index < -0.39 is 4.92 Å². The second-order valence-corrected chi connectivity index (χ2v) is 6.59. The number of piperazine rings is 1. The van der Waals surface area contributed by atoms with Gasteiger partial charge in [-0.15, -0.1) is 0 Å². The molecule has 3 aromatic rings. The lowest BCUT2D eigenvalue weighted by atomic mass is 10.1. The van der Waals surface area contributed by atoms with Crippen LogP contribution in [0.25, 0.3) is 10.8 Å². The standard InChI is InChI=1S/C19H20N6O2/c1-23-9-11-24(12-10-23)19-17(25(26)27)18(20-13-21-19)22-16-8-4-6-14-5-2-3-7-15(14)16/h2-8,13H,9-12H2,1H3,(H,20,21,22). The molecule has 2 aromatic carbocycles. The maximum absolute atomic E-state index is 11.9. The lowest BCUT2D eigenvalue weighted by Gasteiger charge is -2.32. The van der Waals surface area contributed by atoms with Gasteiger partial charge in [0.05, 0.1) is 4.92 Å². The number of nitrogens with zero attached hydrogens (tertiary/aromatic N) is 5. The highest BCUT2D eigenvalue weighted by molar-refractivity contribution is 5.96. The minimum atomic E-state index is -0.402. The number of hydrogen-bond donors (Lipinski definition) is 1. The molecule has 0 spiro atoms. The Morgan fingerprint density at radius 1 is 1.04 bits per heavy atom. The molecule has 1 N–H and O–H groups in total. The van der Waals surface area contributed by atoms with Crippen molar-refractivity contribution in [2.45, 2.75) is 0 Å². The maximum Gasteiger partial charge on any atom is 0.353 e. The summed E-state index contributed by atoms with van der Waals surface area (Å²) in [5.41, 5.74) is 0.689. The van der Waals surface area contributed by atoms with Crippen LogP contribution in [0, 0.1) is 10.1 Å². The van der Waals surface area contributed by atoms with Gasteiger partial charge in [-0.1, -0.05) is 36.4 Å². The fraction of sp³-hybridized carbons (Fsp3) is 0.263. The molecule has 2 heterocycles. The molecule has 0 aliphatic carbocycles. The fourth-order valence-corrected chi connectivity index (χ4v) is 3.34. The van der Waals surface area contributed by atoms with Crippen molar-refractivity contribution < 1.29 is 4.92 Å².